The number of hydrogen-bond acceptors (Lipinski definition) is 5. The number of hydrogen-bond donors (Lipinski definition) is 4. The van der Waals surface area contributed by atoms with Gasteiger partial charge in [0.05, 0.1) is 13.2 Å². The Bertz CT molecular complexity index is 778. The fourth-order valence-corrected chi connectivity index (χ4v) is 2.42. The Balaban J connectivity index is 2.11. The summed E-state index contributed by atoms with van der Waals surface area (Å²) in [6.45, 7) is 4.79. The molecule has 5 N–H and O–H groups in total. The number of anilines is 1. The minimum Gasteiger partial charge on any atom is -0.483 e. The standard InChI is InChI=1S/C18H23FN4O2S/c1-11-7-13(19)9-14(8-11)22-18(24)17(15-10-23(15)5-4-20)25-6-3-16(26)12(2)21/h7-10,21-22,24H,3-6,20H2,1-2H3/p+1. The summed E-state index contributed by atoms with van der Waals surface area (Å²) in [5.74, 6) is -0.701. The third-order valence-electron chi connectivity index (χ3n) is 3.67. The Morgan fingerprint density at radius 1 is 1.38 bits per heavy atom. The molecule has 0 bridgehead atoms. The van der Waals surface area contributed by atoms with Gasteiger partial charge in [0.2, 0.25) is 6.21 Å². The van der Waals surface area contributed by atoms with Crippen LogP contribution in [0.2, 0.25) is 0 Å². The summed E-state index contributed by atoms with van der Waals surface area (Å²) >= 11 is 4.28. The molecule has 1 heterocycles. The normalized spacial score (nSPS) is 15.8. The van der Waals surface area contributed by atoms with E-state index in [2.05, 4.69) is 17.9 Å². The molecule has 0 saturated carbocycles. The van der Waals surface area contributed by atoms with E-state index in [1.54, 1.807) is 26.1 Å². The maximum Gasteiger partial charge on any atom is 0.317 e. The van der Waals surface area contributed by atoms with Crippen LogP contribution in [0.25, 0.3) is 0 Å². The number of carbonyl (C=O) groups is 1. The predicted molar refractivity (Wildman–Crippen MR) is 103 cm³/mol. The van der Waals surface area contributed by atoms with Crippen molar-refractivity contribution in [3.05, 3.63) is 51.6 Å². The van der Waals surface area contributed by atoms with Crippen molar-refractivity contribution in [1.29, 1.82) is 0 Å². The van der Waals surface area contributed by atoms with Crippen LogP contribution in [0.1, 0.15) is 18.9 Å². The highest BCUT2D eigenvalue weighted by Crippen LogP contribution is 2.20. The fraction of sp³-hybridized carbons (Fsp3) is 0.333. The Hall–Kier alpha value is -2.32. The number of nitrogens with zero attached hydrogens (tertiary/aromatic N) is 1. The van der Waals surface area contributed by atoms with E-state index in [0.717, 1.165) is 0 Å². The van der Waals surface area contributed by atoms with Crippen molar-refractivity contribution in [1.82, 2.24) is 0 Å². The van der Waals surface area contributed by atoms with E-state index in [4.69, 9.17) is 16.2 Å². The van der Waals surface area contributed by atoms with E-state index in [9.17, 15) is 9.18 Å². The van der Waals surface area contributed by atoms with E-state index in [1.165, 1.54) is 12.1 Å². The van der Waals surface area contributed by atoms with Crippen molar-refractivity contribution in [3.8, 4) is 0 Å². The van der Waals surface area contributed by atoms with Crippen molar-refractivity contribution in [2.24, 2.45) is 11.5 Å². The van der Waals surface area contributed by atoms with E-state index < -0.39 is 11.7 Å². The Morgan fingerprint density at radius 3 is 2.73 bits per heavy atom. The van der Waals surface area contributed by atoms with Crippen molar-refractivity contribution < 1.29 is 18.5 Å². The number of nitrogens with two attached hydrogens (primary N) is 2. The number of nitrogens with one attached hydrogen (secondary N) is 1. The molecule has 26 heavy (non-hydrogen) atoms. The summed E-state index contributed by atoms with van der Waals surface area (Å²) in [6, 6.07) is 4.33. The Labute approximate surface area is 157 Å². The molecule has 0 saturated heterocycles. The van der Waals surface area contributed by atoms with Crippen molar-refractivity contribution in [2.75, 3.05) is 25.0 Å². The molecule has 0 aromatic heterocycles. The third kappa shape index (κ3) is 5.60. The van der Waals surface area contributed by atoms with Crippen molar-refractivity contribution >= 4 is 30.4 Å². The Morgan fingerprint density at radius 2 is 2.12 bits per heavy atom. The molecule has 1 aliphatic rings. The van der Waals surface area contributed by atoms with Crippen LogP contribution in [0.15, 0.2) is 40.3 Å². The van der Waals surface area contributed by atoms with Crippen molar-refractivity contribution in [2.45, 2.75) is 20.3 Å². The van der Waals surface area contributed by atoms with Crippen LogP contribution >= 0.6 is 12.6 Å². The second-order valence-electron chi connectivity index (χ2n) is 6.03. The minimum absolute atomic E-state index is 0.163. The number of rotatable bonds is 8. The maximum absolute atomic E-state index is 13.5. The van der Waals surface area contributed by atoms with Crippen LogP contribution in [-0.4, -0.2) is 36.4 Å². The van der Waals surface area contributed by atoms with Crippen LogP contribution in [0.4, 0.5) is 10.1 Å². The molecule has 1 aromatic rings. The highest BCUT2D eigenvalue weighted by molar-refractivity contribution is 7.84. The number of aryl methyl sites for hydroxylation is 1. The minimum atomic E-state index is -0.449. The molecule has 2 rings (SSSR count). The average molecular weight is 379 g/mol. The lowest BCUT2D eigenvalue weighted by Gasteiger charge is -2.10. The van der Waals surface area contributed by atoms with Crippen LogP contribution in [-0.2, 0) is 9.53 Å². The Kier molecular flexibility index (Phi) is 6.82. The monoisotopic (exact) mass is 379 g/mol. The molecule has 1 aliphatic heterocycles. The van der Waals surface area contributed by atoms with Crippen LogP contribution in [0.5, 0.6) is 0 Å². The van der Waals surface area contributed by atoms with Crippen LogP contribution < -0.4 is 16.8 Å². The first-order valence-corrected chi connectivity index (χ1v) is 8.68. The van der Waals surface area contributed by atoms with Gasteiger partial charge in [0, 0.05) is 22.7 Å². The zero-order valence-electron chi connectivity index (χ0n) is 14.9. The van der Waals surface area contributed by atoms with Gasteiger partial charge in [-0.2, -0.15) is 4.58 Å². The summed E-state index contributed by atoms with van der Waals surface area (Å²) in [7, 11) is 0. The number of benzene rings is 1. The molecule has 1 amide bonds. The summed E-state index contributed by atoms with van der Waals surface area (Å²) in [6.07, 6.45) is 2.26. The summed E-state index contributed by atoms with van der Waals surface area (Å²) in [5, 5.41) is 2.67. The van der Waals surface area contributed by atoms with E-state index in [1.807, 2.05) is 4.58 Å². The van der Waals surface area contributed by atoms with Gasteiger partial charge in [-0.3, -0.25) is 4.79 Å². The quantitative estimate of drug-likeness (QED) is 0.240. The maximum atomic E-state index is 13.5. The molecule has 0 radical (unpaired) electrons. The van der Waals surface area contributed by atoms with Gasteiger partial charge in [-0.1, -0.05) is 0 Å². The largest absolute Gasteiger partial charge is 0.483 e. The molecular weight excluding hydrogens is 355 g/mol. The predicted octanol–water partition coefficient (Wildman–Crippen LogP) is 1.87. The molecule has 0 unspecified atom stereocenters. The van der Waals surface area contributed by atoms with Gasteiger partial charge in [-0.25, -0.2) is 4.39 Å². The van der Waals surface area contributed by atoms with E-state index in [0.29, 0.717) is 47.1 Å². The molecule has 6 nitrogen and oxygen atoms in total. The molecule has 1 aromatic carbocycles. The SMILES string of the molecule is C/C(N)=C(/S)CCO/C(C(=O)Nc1cc(C)cc(F)c1)=C1C=[N+]/1CCN. The fourth-order valence-electron chi connectivity index (χ4n) is 2.33. The second-order valence-corrected chi connectivity index (χ2v) is 6.56. The van der Waals surface area contributed by atoms with Gasteiger partial charge in [0.1, 0.15) is 5.82 Å². The first-order chi connectivity index (χ1) is 12.3. The molecule has 0 spiro atoms. The van der Waals surface area contributed by atoms with Gasteiger partial charge < -0.3 is 21.5 Å². The van der Waals surface area contributed by atoms with Crippen LogP contribution in [0.3, 0.4) is 0 Å². The van der Waals surface area contributed by atoms with E-state index >= 15 is 0 Å². The summed E-state index contributed by atoms with van der Waals surface area (Å²) in [5.41, 5.74) is 13.6. The number of thiol groups is 1. The van der Waals surface area contributed by atoms with Crippen molar-refractivity contribution in [3.63, 3.8) is 0 Å². The smallest absolute Gasteiger partial charge is 0.317 e. The average Bonchev–Trinajstić information content (AvgIpc) is 3.29. The number of allylic oxidation sites excluding steroid dienone is 2. The molecule has 0 fully saturated rings. The first-order valence-electron chi connectivity index (χ1n) is 8.23. The lowest BCUT2D eigenvalue weighted by molar-refractivity contribution is -0.402. The zero-order valence-corrected chi connectivity index (χ0v) is 15.8. The summed E-state index contributed by atoms with van der Waals surface area (Å²) in [4.78, 5) is 13.3. The number of ether oxygens (including phenoxy) is 1. The highest BCUT2D eigenvalue weighted by atomic mass is 32.1. The zero-order chi connectivity index (χ0) is 19.3. The van der Waals surface area contributed by atoms with Crippen LogP contribution in [0, 0.1) is 12.7 Å². The van der Waals surface area contributed by atoms with Gasteiger partial charge in [-0.15, -0.1) is 12.6 Å². The first kappa shape index (κ1) is 20.0. The van der Waals surface area contributed by atoms with Gasteiger partial charge in [-0.05, 0) is 37.6 Å². The third-order valence-corrected chi connectivity index (χ3v) is 4.25. The number of halogens is 1. The van der Waals surface area contributed by atoms with Gasteiger partial charge in [0.15, 0.2) is 6.54 Å². The lowest BCUT2D eigenvalue weighted by atomic mass is 10.2. The topological polar surface area (TPSA) is 93.4 Å². The lowest BCUT2D eigenvalue weighted by Crippen LogP contribution is -2.19. The number of carbonyl (C=O) groups excluding carboxylic acids is 1. The molecular formula is C18H24FN4O2S+. The number of amides is 1. The molecule has 0 aliphatic carbocycles. The second kappa shape index (κ2) is 8.86. The molecule has 0 atom stereocenters. The molecule has 140 valence electrons. The van der Waals surface area contributed by atoms with Gasteiger partial charge >= 0.3 is 5.70 Å². The van der Waals surface area contributed by atoms with Gasteiger partial charge in [0.25, 0.3) is 11.7 Å². The van der Waals surface area contributed by atoms with E-state index in [-0.39, 0.29) is 12.4 Å². The highest BCUT2D eigenvalue weighted by Gasteiger charge is 2.37. The molecule has 8 heteroatoms. The summed E-state index contributed by atoms with van der Waals surface area (Å²) < 4.78 is 21.0.